The fourth-order valence-electron chi connectivity index (χ4n) is 1.55. The highest BCUT2D eigenvalue weighted by Crippen LogP contribution is 2.17. The van der Waals surface area contributed by atoms with Gasteiger partial charge in [-0.15, -0.1) is 0 Å². The van der Waals surface area contributed by atoms with Crippen molar-refractivity contribution in [1.29, 1.82) is 0 Å². The molecule has 0 bridgehead atoms. The predicted octanol–water partition coefficient (Wildman–Crippen LogP) is 1.32. The quantitative estimate of drug-likeness (QED) is 0.503. The molecule has 0 aromatic rings. The van der Waals surface area contributed by atoms with E-state index in [1.54, 1.807) is 0 Å². The molecule has 0 aliphatic carbocycles. The van der Waals surface area contributed by atoms with Gasteiger partial charge in [0.05, 0.1) is 0 Å². The molecule has 1 rings (SSSR count). The Morgan fingerprint density at radius 2 is 2.00 bits per heavy atom. The van der Waals surface area contributed by atoms with Gasteiger partial charge in [-0.2, -0.15) is 12.6 Å². The Bertz CT molecular complexity index is 105. The Kier molecular flexibility index (Phi) is 5.82. The summed E-state index contributed by atoms with van der Waals surface area (Å²) in [7, 11) is 0. The molecule has 0 unspecified atom stereocenters. The van der Waals surface area contributed by atoms with Crippen molar-refractivity contribution in [2.75, 3.05) is 32.1 Å². The van der Waals surface area contributed by atoms with E-state index in [4.69, 9.17) is 4.74 Å². The third-order valence-corrected chi connectivity index (χ3v) is 2.58. The molecule has 1 aliphatic rings. The van der Waals surface area contributed by atoms with Crippen LogP contribution >= 0.6 is 12.6 Å². The van der Waals surface area contributed by atoms with Crippen LogP contribution in [-0.4, -0.2) is 32.1 Å². The van der Waals surface area contributed by atoms with E-state index in [0.717, 1.165) is 38.0 Å². The molecule has 3 heteroatoms. The summed E-state index contributed by atoms with van der Waals surface area (Å²) in [5, 5.41) is 3.37. The highest BCUT2D eigenvalue weighted by molar-refractivity contribution is 7.80. The number of rotatable bonds is 5. The van der Waals surface area contributed by atoms with Gasteiger partial charge in [-0.25, -0.2) is 0 Å². The molecule has 0 radical (unpaired) electrons. The Morgan fingerprint density at radius 3 is 2.67 bits per heavy atom. The highest BCUT2D eigenvalue weighted by atomic mass is 32.1. The maximum Gasteiger partial charge on any atom is 0.0468 e. The molecule has 1 fully saturated rings. The summed E-state index contributed by atoms with van der Waals surface area (Å²) in [4.78, 5) is 0. The van der Waals surface area contributed by atoms with Gasteiger partial charge in [0.25, 0.3) is 0 Å². The minimum atomic E-state index is 0.895. The van der Waals surface area contributed by atoms with E-state index < -0.39 is 0 Å². The van der Waals surface area contributed by atoms with E-state index in [2.05, 4.69) is 17.9 Å². The predicted molar refractivity (Wildman–Crippen MR) is 54.9 cm³/mol. The normalized spacial score (nSPS) is 19.8. The van der Waals surface area contributed by atoms with Gasteiger partial charge in [0, 0.05) is 25.5 Å². The summed E-state index contributed by atoms with van der Waals surface area (Å²) >= 11 is 4.14. The van der Waals surface area contributed by atoms with Crippen molar-refractivity contribution in [2.24, 2.45) is 5.92 Å². The average molecular weight is 189 g/mol. The van der Waals surface area contributed by atoms with Gasteiger partial charge < -0.3 is 10.1 Å². The van der Waals surface area contributed by atoms with Gasteiger partial charge in [-0.1, -0.05) is 0 Å². The van der Waals surface area contributed by atoms with Crippen LogP contribution in [0.15, 0.2) is 0 Å². The van der Waals surface area contributed by atoms with Crippen LogP contribution in [-0.2, 0) is 4.74 Å². The minimum absolute atomic E-state index is 0.895. The first-order valence-electron chi connectivity index (χ1n) is 4.83. The van der Waals surface area contributed by atoms with Crippen molar-refractivity contribution in [3.63, 3.8) is 0 Å². The standard InChI is InChI=1S/C9H19NOS/c12-8-5-10-4-1-9-2-6-11-7-3-9/h9-10,12H,1-8H2. The zero-order chi connectivity index (χ0) is 8.65. The largest absolute Gasteiger partial charge is 0.381 e. The second kappa shape index (κ2) is 6.75. The lowest BCUT2D eigenvalue weighted by Crippen LogP contribution is -2.23. The molecule has 1 saturated heterocycles. The topological polar surface area (TPSA) is 21.3 Å². The summed E-state index contributed by atoms with van der Waals surface area (Å²) in [6, 6.07) is 0. The van der Waals surface area contributed by atoms with Crippen molar-refractivity contribution in [3.8, 4) is 0 Å². The molecule has 1 heterocycles. The zero-order valence-corrected chi connectivity index (χ0v) is 8.48. The van der Waals surface area contributed by atoms with E-state index >= 15 is 0 Å². The molecule has 0 aromatic heterocycles. The third kappa shape index (κ3) is 4.33. The second-order valence-electron chi connectivity index (χ2n) is 3.32. The summed E-state index contributed by atoms with van der Waals surface area (Å²) in [6.45, 7) is 4.12. The van der Waals surface area contributed by atoms with Gasteiger partial charge in [-0.3, -0.25) is 0 Å². The lowest BCUT2D eigenvalue weighted by molar-refractivity contribution is 0.0640. The van der Waals surface area contributed by atoms with Crippen LogP contribution in [0.4, 0.5) is 0 Å². The van der Waals surface area contributed by atoms with Gasteiger partial charge in [-0.05, 0) is 31.7 Å². The first-order valence-corrected chi connectivity index (χ1v) is 5.46. The molecular weight excluding hydrogens is 170 g/mol. The number of hydrogen-bond acceptors (Lipinski definition) is 3. The fourth-order valence-corrected chi connectivity index (χ4v) is 1.70. The number of nitrogens with one attached hydrogen (secondary N) is 1. The summed E-state index contributed by atoms with van der Waals surface area (Å²) in [5.41, 5.74) is 0. The molecule has 0 aromatic carbocycles. The van der Waals surface area contributed by atoms with E-state index in [1.807, 2.05) is 0 Å². The maximum absolute atomic E-state index is 5.29. The second-order valence-corrected chi connectivity index (χ2v) is 3.77. The van der Waals surface area contributed by atoms with Crippen LogP contribution in [0.2, 0.25) is 0 Å². The molecule has 0 saturated carbocycles. The first kappa shape index (κ1) is 10.4. The minimum Gasteiger partial charge on any atom is -0.381 e. The number of thiol groups is 1. The van der Waals surface area contributed by atoms with Crippen molar-refractivity contribution in [2.45, 2.75) is 19.3 Å². The Hall–Kier alpha value is 0.270. The van der Waals surface area contributed by atoms with E-state index in [-0.39, 0.29) is 0 Å². The summed E-state index contributed by atoms with van der Waals surface area (Å²) in [6.07, 6.45) is 3.81. The van der Waals surface area contributed by atoms with Crippen molar-refractivity contribution in [3.05, 3.63) is 0 Å². The van der Waals surface area contributed by atoms with Crippen LogP contribution in [0.25, 0.3) is 0 Å². The molecule has 0 amide bonds. The lowest BCUT2D eigenvalue weighted by Gasteiger charge is -2.21. The van der Waals surface area contributed by atoms with Crippen LogP contribution in [0.5, 0.6) is 0 Å². The number of hydrogen-bond donors (Lipinski definition) is 2. The molecule has 1 aliphatic heterocycles. The van der Waals surface area contributed by atoms with Crippen molar-refractivity contribution >= 4 is 12.6 Å². The van der Waals surface area contributed by atoms with E-state index in [1.165, 1.54) is 19.3 Å². The van der Waals surface area contributed by atoms with Gasteiger partial charge in [0.2, 0.25) is 0 Å². The molecular formula is C9H19NOS. The highest BCUT2D eigenvalue weighted by Gasteiger charge is 2.12. The zero-order valence-electron chi connectivity index (χ0n) is 7.59. The molecule has 0 spiro atoms. The van der Waals surface area contributed by atoms with Gasteiger partial charge in [0.15, 0.2) is 0 Å². The smallest absolute Gasteiger partial charge is 0.0468 e. The Morgan fingerprint density at radius 1 is 1.25 bits per heavy atom. The van der Waals surface area contributed by atoms with Crippen LogP contribution in [0, 0.1) is 5.92 Å². The molecule has 12 heavy (non-hydrogen) atoms. The van der Waals surface area contributed by atoms with Gasteiger partial charge >= 0.3 is 0 Å². The lowest BCUT2D eigenvalue weighted by atomic mass is 9.97. The van der Waals surface area contributed by atoms with Gasteiger partial charge in [0.1, 0.15) is 0 Å². The first-order chi connectivity index (χ1) is 5.93. The fraction of sp³-hybridized carbons (Fsp3) is 1.00. The van der Waals surface area contributed by atoms with Crippen LogP contribution in [0.1, 0.15) is 19.3 Å². The molecule has 0 atom stereocenters. The SMILES string of the molecule is SCCNCCC1CCOCC1. The molecule has 2 nitrogen and oxygen atoms in total. The van der Waals surface area contributed by atoms with E-state index in [9.17, 15) is 0 Å². The summed E-state index contributed by atoms with van der Waals surface area (Å²) < 4.78 is 5.29. The summed E-state index contributed by atoms with van der Waals surface area (Å²) in [5.74, 6) is 1.83. The number of ether oxygens (including phenoxy) is 1. The van der Waals surface area contributed by atoms with Crippen LogP contribution < -0.4 is 5.32 Å². The monoisotopic (exact) mass is 189 g/mol. The van der Waals surface area contributed by atoms with Crippen LogP contribution in [0.3, 0.4) is 0 Å². The van der Waals surface area contributed by atoms with Crippen molar-refractivity contribution in [1.82, 2.24) is 5.32 Å². The molecule has 72 valence electrons. The van der Waals surface area contributed by atoms with E-state index in [0.29, 0.717) is 0 Å². The molecule has 1 N–H and O–H groups in total. The Balaban J connectivity index is 1.91. The third-order valence-electron chi connectivity index (χ3n) is 2.36. The maximum atomic E-state index is 5.29. The Labute approximate surface area is 80.5 Å². The average Bonchev–Trinajstić information content (AvgIpc) is 2.14. The van der Waals surface area contributed by atoms with Crippen molar-refractivity contribution < 1.29 is 4.74 Å².